The normalized spacial score (nSPS) is 21.6. The second-order valence-corrected chi connectivity index (χ2v) is 6.84. The third kappa shape index (κ3) is 4.83. The minimum Gasteiger partial charge on any atom is -0.478 e. The maximum atomic E-state index is 10.3. The third-order valence-electron chi connectivity index (χ3n) is 5.24. The Morgan fingerprint density at radius 2 is 1.88 bits per heavy atom. The summed E-state index contributed by atoms with van der Waals surface area (Å²) in [4.78, 5) is 13.4. The molecule has 1 fully saturated rings. The van der Waals surface area contributed by atoms with Crippen molar-refractivity contribution in [3.8, 4) is 0 Å². The van der Waals surface area contributed by atoms with E-state index in [1.807, 2.05) is 0 Å². The van der Waals surface area contributed by atoms with E-state index in [0.29, 0.717) is 23.1 Å². The van der Waals surface area contributed by atoms with Gasteiger partial charge in [0.2, 0.25) is 0 Å². The molecule has 128 valence electrons. The van der Waals surface area contributed by atoms with Crippen molar-refractivity contribution < 1.29 is 19.9 Å². The standard InChI is InChI=1S/C11H19BO2.C7H5NO2/c13-12(14)10-4-8-11(9-5-10)6-2-1-3-7-11;1-8-6-3-2-5(4-6)7(9)10/h4,13-14H,1-3,5-9H2;3-4H,2H2,(H,9,10). The second kappa shape index (κ2) is 8.32. The van der Waals surface area contributed by atoms with Crippen molar-refractivity contribution in [2.75, 3.05) is 0 Å². The first-order chi connectivity index (χ1) is 11.5. The molecule has 3 rings (SSSR count). The van der Waals surface area contributed by atoms with Crippen LogP contribution in [0.15, 0.2) is 35.0 Å². The van der Waals surface area contributed by atoms with E-state index in [2.05, 4.69) is 10.9 Å². The smallest absolute Gasteiger partial charge is 0.478 e. The molecule has 3 aliphatic carbocycles. The van der Waals surface area contributed by atoms with Crippen LogP contribution < -0.4 is 0 Å². The Bertz CT molecular complexity index is 607. The molecule has 0 bridgehead atoms. The fourth-order valence-electron chi connectivity index (χ4n) is 3.69. The Kier molecular flexibility index (Phi) is 6.41. The van der Waals surface area contributed by atoms with Crippen LogP contribution in [0.2, 0.25) is 0 Å². The lowest BCUT2D eigenvalue weighted by Gasteiger charge is -2.39. The number of allylic oxidation sites excluding steroid dienone is 4. The summed E-state index contributed by atoms with van der Waals surface area (Å²) in [6.45, 7) is 6.55. The zero-order chi connectivity index (χ0) is 17.6. The van der Waals surface area contributed by atoms with Gasteiger partial charge in [0.25, 0.3) is 0 Å². The summed E-state index contributed by atoms with van der Waals surface area (Å²) in [6, 6.07) is 0. The van der Waals surface area contributed by atoms with E-state index in [9.17, 15) is 4.79 Å². The molecule has 0 saturated heterocycles. The average Bonchev–Trinajstić information content (AvgIpc) is 3.06. The number of carbonyl (C=O) groups is 1. The highest BCUT2D eigenvalue weighted by atomic mass is 16.4. The fourth-order valence-corrected chi connectivity index (χ4v) is 3.69. The largest absolute Gasteiger partial charge is 0.483 e. The van der Waals surface area contributed by atoms with Crippen LogP contribution in [0.5, 0.6) is 0 Å². The summed E-state index contributed by atoms with van der Waals surface area (Å²) >= 11 is 0. The Morgan fingerprint density at radius 1 is 1.17 bits per heavy atom. The van der Waals surface area contributed by atoms with Crippen LogP contribution in [-0.2, 0) is 4.79 Å². The molecule has 3 aliphatic rings. The number of nitrogens with zero attached hydrogens (tertiary/aromatic N) is 1. The molecule has 0 aromatic carbocycles. The van der Waals surface area contributed by atoms with Crippen LogP contribution >= 0.6 is 0 Å². The van der Waals surface area contributed by atoms with Crippen molar-refractivity contribution in [3.05, 3.63) is 46.4 Å². The average molecular weight is 329 g/mol. The predicted molar refractivity (Wildman–Crippen MR) is 92.7 cm³/mol. The molecule has 1 spiro atoms. The van der Waals surface area contributed by atoms with Crippen LogP contribution in [-0.4, -0.2) is 28.2 Å². The van der Waals surface area contributed by atoms with E-state index in [4.69, 9.17) is 21.7 Å². The molecule has 0 aromatic heterocycles. The van der Waals surface area contributed by atoms with Crippen LogP contribution in [0, 0.1) is 12.0 Å². The quantitative estimate of drug-likeness (QED) is 0.536. The van der Waals surface area contributed by atoms with Gasteiger partial charge in [0, 0.05) is 5.57 Å². The van der Waals surface area contributed by atoms with Crippen LogP contribution in [0.25, 0.3) is 4.85 Å². The molecule has 0 aromatic rings. The van der Waals surface area contributed by atoms with Gasteiger partial charge in [-0.3, -0.25) is 0 Å². The summed E-state index contributed by atoms with van der Waals surface area (Å²) in [7, 11) is -1.21. The van der Waals surface area contributed by atoms with E-state index >= 15 is 0 Å². The molecule has 3 N–H and O–H groups in total. The number of hydrogen-bond donors (Lipinski definition) is 3. The predicted octanol–water partition coefficient (Wildman–Crippen LogP) is 3.26. The lowest BCUT2D eigenvalue weighted by Crippen LogP contribution is -2.29. The molecule has 0 radical (unpaired) electrons. The summed E-state index contributed by atoms with van der Waals surface area (Å²) in [5.41, 5.74) is 2.08. The van der Waals surface area contributed by atoms with Crippen molar-refractivity contribution in [2.24, 2.45) is 5.41 Å². The minimum absolute atomic E-state index is 0.297. The Morgan fingerprint density at radius 3 is 2.29 bits per heavy atom. The molecule has 0 amide bonds. The summed E-state index contributed by atoms with van der Waals surface area (Å²) in [6.07, 6.45) is 15.4. The maximum absolute atomic E-state index is 10.3. The summed E-state index contributed by atoms with van der Waals surface area (Å²) in [5, 5.41) is 26.5. The number of carboxylic acid groups (broad SMARTS) is 1. The van der Waals surface area contributed by atoms with Gasteiger partial charge < -0.3 is 15.2 Å². The van der Waals surface area contributed by atoms with Crippen molar-refractivity contribution in [2.45, 2.75) is 57.8 Å². The molecule has 0 aliphatic heterocycles. The van der Waals surface area contributed by atoms with Gasteiger partial charge in [-0.05, 0) is 55.5 Å². The molecule has 5 nitrogen and oxygen atoms in total. The highest BCUT2D eigenvalue weighted by Crippen LogP contribution is 2.46. The van der Waals surface area contributed by atoms with E-state index in [1.54, 1.807) is 6.08 Å². The summed E-state index contributed by atoms with van der Waals surface area (Å²) < 4.78 is 0. The van der Waals surface area contributed by atoms with Gasteiger partial charge in [-0.2, -0.15) is 0 Å². The van der Waals surface area contributed by atoms with Crippen molar-refractivity contribution >= 4 is 13.1 Å². The topological polar surface area (TPSA) is 82.1 Å². The van der Waals surface area contributed by atoms with Crippen LogP contribution in [0.3, 0.4) is 0 Å². The van der Waals surface area contributed by atoms with Crippen molar-refractivity contribution in [1.82, 2.24) is 0 Å². The van der Waals surface area contributed by atoms with Crippen LogP contribution in [0.1, 0.15) is 57.8 Å². The third-order valence-corrected chi connectivity index (χ3v) is 5.24. The number of carboxylic acids is 1. The monoisotopic (exact) mass is 329 g/mol. The molecule has 1 saturated carbocycles. The maximum Gasteiger partial charge on any atom is 0.483 e. The van der Waals surface area contributed by atoms with Gasteiger partial charge in [0.15, 0.2) is 5.70 Å². The highest BCUT2D eigenvalue weighted by Gasteiger charge is 2.34. The molecule has 6 heteroatoms. The van der Waals surface area contributed by atoms with Gasteiger partial charge >= 0.3 is 13.1 Å². The first-order valence-electron chi connectivity index (χ1n) is 8.52. The Hall–Kier alpha value is -1.84. The van der Waals surface area contributed by atoms with E-state index in [1.165, 1.54) is 38.2 Å². The first-order valence-corrected chi connectivity index (χ1v) is 8.52. The number of hydrogen-bond acceptors (Lipinski definition) is 3. The zero-order valence-electron chi connectivity index (χ0n) is 13.9. The van der Waals surface area contributed by atoms with E-state index in [0.717, 1.165) is 24.7 Å². The van der Waals surface area contributed by atoms with Gasteiger partial charge in [-0.1, -0.05) is 31.4 Å². The number of rotatable bonds is 2. The first kappa shape index (κ1) is 18.5. The molecule has 0 atom stereocenters. The number of aliphatic carboxylic acids is 1. The molecular formula is C18H24BNO4. The zero-order valence-corrected chi connectivity index (χ0v) is 13.9. The lowest BCUT2D eigenvalue weighted by molar-refractivity contribution is -0.132. The highest BCUT2D eigenvalue weighted by molar-refractivity contribution is 6.50. The fraction of sp³-hybridized carbons (Fsp3) is 0.556. The van der Waals surface area contributed by atoms with E-state index < -0.39 is 13.1 Å². The Balaban J connectivity index is 0.000000185. The molecule has 0 heterocycles. The van der Waals surface area contributed by atoms with E-state index in [-0.39, 0.29) is 0 Å². The second-order valence-electron chi connectivity index (χ2n) is 6.84. The van der Waals surface area contributed by atoms with Gasteiger partial charge in [-0.25, -0.2) is 9.64 Å². The molecule has 24 heavy (non-hydrogen) atoms. The Labute approximate surface area is 143 Å². The van der Waals surface area contributed by atoms with Crippen molar-refractivity contribution in [1.29, 1.82) is 0 Å². The van der Waals surface area contributed by atoms with Gasteiger partial charge in [0.1, 0.15) is 0 Å². The van der Waals surface area contributed by atoms with Crippen molar-refractivity contribution in [3.63, 3.8) is 0 Å². The SMILES string of the molecule is OB(O)C1=CCC2(CCCCC2)CC1.[C-]#[N+]C1=CCC(C(=O)O)=C1. The summed E-state index contributed by atoms with van der Waals surface area (Å²) in [5.74, 6) is -0.935. The molecule has 0 unspecified atom stereocenters. The minimum atomic E-state index is -1.21. The van der Waals surface area contributed by atoms with Gasteiger partial charge in [-0.15, -0.1) is 0 Å². The van der Waals surface area contributed by atoms with Gasteiger partial charge in [0.05, 0.1) is 6.57 Å². The van der Waals surface area contributed by atoms with Crippen LogP contribution in [0.4, 0.5) is 0 Å². The molecular weight excluding hydrogens is 305 g/mol. The lowest BCUT2D eigenvalue weighted by atomic mass is 9.61.